The second kappa shape index (κ2) is 10.6. The van der Waals surface area contributed by atoms with Crippen LogP contribution in [-0.4, -0.2) is 54.0 Å². The molecule has 2 aromatic carbocycles. The first kappa shape index (κ1) is 24.8. The van der Waals surface area contributed by atoms with E-state index in [1.807, 2.05) is 31.0 Å². The molecule has 37 heavy (non-hydrogen) atoms. The highest BCUT2D eigenvalue weighted by molar-refractivity contribution is 6.01. The van der Waals surface area contributed by atoms with Crippen molar-refractivity contribution in [1.29, 1.82) is 0 Å². The number of carbonyl (C=O) groups excluding carboxylic acids is 1. The van der Waals surface area contributed by atoms with Gasteiger partial charge in [0.1, 0.15) is 11.3 Å². The predicted molar refractivity (Wildman–Crippen MR) is 147 cm³/mol. The van der Waals surface area contributed by atoms with Crippen LogP contribution in [0.1, 0.15) is 29.2 Å². The smallest absolute Gasteiger partial charge is 0.246 e. The van der Waals surface area contributed by atoms with Crippen molar-refractivity contribution in [2.75, 3.05) is 33.3 Å². The summed E-state index contributed by atoms with van der Waals surface area (Å²) in [6, 6.07) is 14.6. The van der Waals surface area contributed by atoms with Gasteiger partial charge in [0.15, 0.2) is 0 Å². The quantitative estimate of drug-likeness (QED) is 0.313. The molecule has 0 N–H and O–H groups in total. The van der Waals surface area contributed by atoms with E-state index in [2.05, 4.69) is 53.2 Å². The number of furan rings is 1. The van der Waals surface area contributed by atoms with Crippen LogP contribution >= 0.6 is 0 Å². The van der Waals surface area contributed by atoms with Gasteiger partial charge in [0, 0.05) is 73.3 Å². The van der Waals surface area contributed by atoms with E-state index in [9.17, 15) is 4.79 Å². The molecule has 6 nitrogen and oxygen atoms in total. The second-order valence-electron chi connectivity index (χ2n) is 9.76. The molecule has 1 aliphatic rings. The fourth-order valence-corrected chi connectivity index (χ4v) is 5.06. The minimum absolute atomic E-state index is 0.0317. The number of aromatic nitrogens is 1. The summed E-state index contributed by atoms with van der Waals surface area (Å²) in [5.41, 5.74) is 8.06. The van der Waals surface area contributed by atoms with Gasteiger partial charge < -0.3 is 14.1 Å². The van der Waals surface area contributed by atoms with Crippen molar-refractivity contribution < 1.29 is 13.9 Å². The number of methoxy groups -OCH3 is 1. The molecule has 0 radical (unpaired) electrons. The lowest BCUT2D eigenvalue weighted by atomic mass is 9.96. The number of benzene rings is 2. The zero-order chi connectivity index (χ0) is 25.9. The van der Waals surface area contributed by atoms with Crippen LogP contribution in [0.3, 0.4) is 0 Å². The van der Waals surface area contributed by atoms with Crippen molar-refractivity contribution in [1.82, 2.24) is 14.8 Å². The Morgan fingerprint density at radius 1 is 1.11 bits per heavy atom. The molecule has 5 rings (SSSR count). The molecule has 1 amide bonds. The van der Waals surface area contributed by atoms with Crippen LogP contribution in [0.5, 0.6) is 5.75 Å². The average molecular weight is 496 g/mol. The highest BCUT2D eigenvalue weighted by Crippen LogP contribution is 2.40. The SMILES string of the molecule is COc1c(/C(C)=C/C(=O)N2CCN(Cc3cccnc3)CC2)cc2c(-c3ccc(C)cc3)coc2c1C. The van der Waals surface area contributed by atoms with Gasteiger partial charge in [-0.2, -0.15) is 0 Å². The van der Waals surface area contributed by atoms with Crippen LogP contribution in [0, 0.1) is 13.8 Å². The van der Waals surface area contributed by atoms with E-state index in [-0.39, 0.29) is 5.91 Å². The number of amides is 1. The number of piperazine rings is 1. The van der Waals surface area contributed by atoms with Gasteiger partial charge in [-0.1, -0.05) is 35.9 Å². The van der Waals surface area contributed by atoms with Gasteiger partial charge in [-0.25, -0.2) is 0 Å². The van der Waals surface area contributed by atoms with Crippen molar-refractivity contribution in [3.8, 4) is 16.9 Å². The average Bonchev–Trinajstić information content (AvgIpc) is 3.34. The van der Waals surface area contributed by atoms with E-state index in [1.165, 1.54) is 11.1 Å². The van der Waals surface area contributed by atoms with E-state index < -0.39 is 0 Å². The number of rotatable bonds is 6. The Morgan fingerprint density at radius 2 is 1.86 bits per heavy atom. The highest BCUT2D eigenvalue weighted by atomic mass is 16.5. The van der Waals surface area contributed by atoms with Crippen LogP contribution in [0.2, 0.25) is 0 Å². The van der Waals surface area contributed by atoms with Gasteiger partial charge in [-0.15, -0.1) is 0 Å². The summed E-state index contributed by atoms with van der Waals surface area (Å²) in [5.74, 6) is 0.768. The van der Waals surface area contributed by atoms with Gasteiger partial charge >= 0.3 is 0 Å². The summed E-state index contributed by atoms with van der Waals surface area (Å²) in [6.07, 6.45) is 7.24. The lowest BCUT2D eigenvalue weighted by Crippen LogP contribution is -2.47. The summed E-state index contributed by atoms with van der Waals surface area (Å²) >= 11 is 0. The van der Waals surface area contributed by atoms with Crippen LogP contribution < -0.4 is 4.74 Å². The Labute approximate surface area is 218 Å². The summed E-state index contributed by atoms with van der Waals surface area (Å²) in [5, 5.41) is 1.02. The topological polar surface area (TPSA) is 58.8 Å². The Kier molecular flexibility index (Phi) is 7.10. The zero-order valence-electron chi connectivity index (χ0n) is 22.0. The van der Waals surface area contributed by atoms with Gasteiger partial charge in [0.2, 0.25) is 5.91 Å². The number of hydrogen-bond acceptors (Lipinski definition) is 5. The standard InChI is InChI=1S/C31H33N3O3/c1-21-7-9-25(10-8-21)28-20-37-31-23(3)30(36-4)26(17-27(28)31)22(2)16-29(35)34-14-12-33(13-15-34)19-24-6-5-11-32-18-24/h5-11,16-18,20H,12-15,19H2,1-4H3/b22-16+. The predicted octanol–water partition coefficient (Wildman–Crippen LogP) is 5.87. The molecule has 0 bridgehead atoms. The second-order valence-corrected chi connectivity index (χ2v) is 9.76. The zero-order valence-corrected chi connectivity index (χ0v) is 22.0. The summed E-state index contributed by atoms with van der Waals surface area (Å²) in [4.78, 5) is 21.7. The molecule has 1 fully saturated rings. The first-order chi connectivity index (χ1) is 17.9. The van der Waals surface area contributed by atoms with E-state index in [1.54, 1.807) is 25.6 Å². The number of aryl methyl sites for hydroxylation is 2. The number of ether oxygens (including phenoxy) is 1. The van der Waals surface area contributed by atoms with Crippen molar-refractivity contribution >= 4 is 22.4 Å². The van der Waals surface area contributed by atoms with E-state index >= 15 is 0 Å². The molecule has 1 aliphatic heterocycles. The Hall–Kier alpha value is -3.90. The highest BCUT2D eigenvalue weighted by Gasteiger charge is 2.22. The molecule has 6 heteroatoms. The first-order valence-electron chi connectivity index (χ1n) is 12.7. The fraction of sp³-hybridized carbons (Fsp3) is 0.290. The third-order valence-corrected chi connectivity index (χ3v) is 7.19. The number of carbonyl (C=O) groups is 1. The van der Waals surface area contributed by atoms with E-state index in [0.717, 1.165) is 64.2 Å². The lowest BCUT2D eigenvalue weighted by Gasteiger charge is -2.34. The fourth-order valence-electron chi connectivity index (χ4n) is 5.06. The maximum Gasteiger partial charge on any atom is 0.246 e. The molecule has 0 saturated carbocycles. The normalized spacial score (nSPS) is 14.8. The number of hydrogen-bond donors (Lipinski definition) is 0. The number of fused-ring (bicyclic) bond motifs is 1. The summed E-state index contributed by atoms with van der Waals surface area (Å²) in [6.45, 7) is 10.0. The van der Waals surface area contributed by atoms with Crippen LogP contribution in [-0.2, 0) is 11.3 Å². The molecule has 190 valence electrons. The van der Waals surface area contributed by atoms with Crippen molar-refractivity contribution in [2.24, 2.45) is 0 Å². The van der Waals surface area contributed by atoms with Crippen LogP contribution in [0.25, 0.3) is 27.7 Å². The van der Waals surface area contributed by atoms with E-state index in [0.29, 0.717) is 13.1 Å². The van der Waals surface area contributed by atoms with Crippen molar-refractivity contribution in [3.05, 3.63) is 89.5 Å². The van der Waals surface area contributed by atoms with Crippen molar-refractivity contribution in [2.45, 2.75) is 27.3 Å². The molecular weight excluding hydrogens is 462 g/mol. The van der Waals surface area contributed by atoms with Crippen LogP contribution in [0.4, 0.5) is 0 Å². The summed E-state index contributed by atoms with van der Waals surface area (Å²) < 4.78 is 11.8. The minimum Gasteiger partial charge on any atom is -0.496 e. The third-order valence-electron chi connectivity index (χ3n) is 7.19. The number of nitrogens with zero attached hydrogens (tertiary/aromatic N) is 3. The molecule has 2 aromatic heterocycles. The Morgan fingerprint density at radius 3 is 2.54 bits per heavy atom. The van der Waals surface area contributed by atoms with Crippen molar-refractivity contribution in [3.63, 3.8) is 0 Å². The summed E-state index contributed by atoms with van der Waals surface area (Å²) in [7, 11) is 1.66. The monoisotopic (exact) mass is 495 g/mol. The Balaban J connectivity index is 1.37. The molecule has 0 aliphatic carbocycles. The molecule has 4 aromatic rings. The maximum atomic E-state index is 13.2. The van der Waals surface area contributed by atoms with Crippen LogP contribution in [0.15, 0.2) is 71.6 Å². The first-order valence-corrected chi connectivity index (χ1v) is 12.7. The Bertz CT molecular complexity index is 1430. The lowest BCUT2D eigenvalue weighted by molar-refractivity contribution is -0.127. The number of allylic oxidation sites excluding steroid dienone is 1. The minimum atomic E-state index is 0.0317. The molecule has 0 spiro atoms. The van der Waals surface area contributed by atoms with Gasteiger partial charge in [-0.05, 0) is 49.6 Å². The van der Waals surface area contributed by atoms with Gasteiger partial charge in [0.05, 0.1) is 13.4 Å². The molecule has 0 atom stereocenters. The molecule has 3 heterocycles. The molecule has 1 saturated heterocycles. The number of pyridine rings is 1. The van der Waals surface area contributed by atoms with Gasteiger partial charge in [0.25, 0.3) is 0 Å². The third kappa shape index (κ3) is 5.16. The largest absolute Gasteiger partial charge is 0.496 e. The van der Waals surface area contributed by atoms with Gasteiger partial charge in [-0.3, -0.25) is 14.7 Å². The molecule has 0 unspecified atom stereocenters. The maximum absolute atomic E-state index is 13.2. The van der Waals surface area contributed by atoms with E-state index in [4.69, 9.17) is 9.15 Å². The molecular formula is C31H33N3O3.